The zero-order valence-electron chi connectivity index (χ0n) is 14.5. The van der Waals surface area contributed by atoms with E-state index < -0.39 is 6.03 Å². The van der Waals surface area contributed by atoms with Gasteiger partial charge in [-0.3, -0.25) is 15.0 Å². The average molecular weight is 333 g/mol. The van der Waals surface area contributed by atoms with Gasteiger partial charge in [0.15, 0.2) is 0 Å². The largest absolute Gasteiger partial charge is 0.497 e. The number of nitrogens with one attached hydrogen (secondary N) is 2. The fourth-order valence-corrected chi connectivity index (χ4v) is 2.49. The van der Waals surface area contributed by atoms with E-state index in [1.54, 1.807) is 7.11 Å². The fraction of sp³-hybridized carbons (Fsp3) is 0.556. The molecule has 6 nitrogen and oxygen atoms in total. The third-order valence-electron chi connectivity index (χ3n) is 4.02. The number of hydrogen-bond acceptors (Lipinski definition) is 4. The van der Waals surface area contributed by atoms with Gasteiger partial charge in [-0.25, -0.2) is 4.79 Å². The van der Waals surface area contributed by atoms with Crippen molar-refractivity contribution in [2.75, 3.05) is 20.2 Å². The van der Waals surface area contributed by atoms with Gasteiger partial charge in [-0.1, -0.05) is 25.5 Å². The first-order chi connectivity index (χ1) is 11.6. The molecule has 0 spiro atoms. The van der Waals surface area contributed by atoms with E-state index in [0.29, 0.717) is 19.1 Å². The Morgan fingerprint density at radius 2 is 1.96 bits per heavy atom. The molecule has 0 radical (unpaired) electrons. The molecule has 6 heteroatoms. The third-order valence-corrected chi connectivity index (χ3v) is 4.02. The number of unbranched alkanes of at least 4 members (excludes halogenated alkanes) is 1. The molecule has 1 aromatic rings. The SMILES string of the molecule is CCCCNC(=O)NC(=O)CN(Cc1ccc(OC)cc1)C1CC1. The molecule has 0 atom stereocenters. The molecule has 0 unspecified atom stereocenters. The van der Waals surface area contributed by atoms with Gasteiger partial charge < -0.3 is 10.1 Å². The van der Waals surface area contributed by atoms with Crippen LogP contribution < -0.4 is 15.4 Å². The average Bonchev–Trinajstić information content (AvgIpc) is 3.40. The smallest absolute Gasteiger partial charge is 0.321 e. The van der Waals surface area contributed by atoms with Crippen LogP contribution in [0, 0.1) is 0 Å². The fourth-order valence-electron chi connectivity index (χ4n) is 2.49. The lowest BCUT2D eigenvalue weighted by atomic mass is 10.2. The van der Waals surface area contributed by atoms with Gasteiger partial charge in [0.05, 0.1) is 13.7 Å². The number of nitrogens with zero attached hydrogens (tertiary/aromatic N) is 1. The van der Waals surface area contributed by atoms with Crippen LogP contribution in [0.3, 0.4) is 0 Å². The number of hydrogen-bond donors (Lipinski definition) is 2. The van der Waals surface area contributed by atoms with Gasteiger partial charge in [0.1, 0.15) is 5.75 Å². The zero-order chi connectivity index (χ0) is 17.4. The van der Waals surface area contributed by atoms with Crippen molar-refractivity contribution in [3.05, 3.63) is 29.8 Å². The second kappa shape index (κ2) is 9.27. The van der Waals surface area contributed by atoms with Crippen molar-refractivity contribution < 1.29 is 14.3 Å². The first kappa shape index (κ1) is 18.3. The molecule has 2 rings (SSSR count). The van der Waals surface area contributed by atoms with Crippen LogP contribution in [0.2, 0.25) is 0 Å². The Balaban J connectivity index is 1.82. The van der Waals surface area contributed by atoms with Crippen molar-refractivity contribution in [1.82, 2.24) is 15.5 Å². The Morgan fingerprint density at radius 1 is 1.25 bits per heavy atom. The number of methoxy groups -OCH3 is 1. The van der Waals surface area contributed by atoms with Crippen LogP contribution in [0.25, 0.3) is 0 Å². The number of rotatable bonds is 9. The van der Waals surface area contributed by atoms with E-state index in [0.717, 1.165) is 37.0 Å². The maximum atomic E-state index is 12.1. The number of amides is 3. The third kappa shape index (κ3) is 6.20. The number of urea groups is 1. The van der Waals surface area contributed by atoms with Crippen LogP contribution in [-0.2, 0) is 11.3 Å². The highest BCUT2D eigenvalue weighted by Crippen LogP contribution is 2.28. The Morgan fingerprint density at radius 3 is 2.54 bits per heavy atom. The molecule has 3 amide bonds. The van der Waals surface area contributed by atoms with Crippen LogP contribution in [0.5, 0.6) is 5.75 Å². The lowest BCUT2D eigenvalue weighted by Crippen LogP contribution is -2.45. The van der Waals surface area contributed by atoms with Gasteiger partial charge >= 0.3 is 6.03 Å². The molecule has 1 aliphatic carbocycles. The molecular formula is C18H27N3O3. The Bertz CT molecular complexity index is 541. The van der Waals surface area contributed by atoms with Crippen LogP contribution >= 0.6 is 0 Å². The highest BCUT2D eigenvalue weighted by atomic mass is 16.5. The van der Waals surface area contributed by atoms with Gasteiger partial charge in [0, 0.05) is 19.1 Å². The second-order valence-electron chi connectivity index (χ2n) is 6.14. The van der Waals surface area contributed by atoms with Crippen molar-refractivity contribution in [1.29, 1.82) is 0 Å². The van der Waals surface area contributed by atoms with Gasteiger partial charge in [-0.15, -0.1) is 0 Å². The summed E-state index contributed by atoms with van der Waals surface area (Å²) < 4.78 is 5.16. The first-order valence-electron chi connectivity index (χ1n) is 8.57. The Labute approximate surface area is 143 Å². The molecule has 1 aromatic carbocycles. The minimum absolute atomic E-state index is 0.234. The predicted octanol–water partition coefficient (Wildman–Crippen LogP) is 2.29. The molecule has 0 saturated heterocycles. The minimum atomic E-state index is -0.409. The molecule has 1 aliphatic rings. The molecular weight excluding hydrogens is 306 g/mol. The molecule has 132 valence electrons. The molecule has 0 heterocycles. The summed E-state index contributed by atoms with van der Waals surface area (Å²) in [4.78, 5) is 25.9. The summed E-state index contributed by atoms with van der Waals surface area (Å²) in [5.74, 6) is 0.558. The van der Waals surface area contributed by atoms with Crippen molar-refractivity contribution >= 4 is 11.9 Å². The number of imide groups is 1. The van der Waals surface area contributed by atoms with Gasteiger partial charge in [-0.2, -0.15) is 0 Å². The van der Waals surface area contributed by atoms with Gasteiger partial charge in [-0.05, 0) is 37.0 Å². The summed E-state index contributed by atoms with van der Waals surface area (Å²) in [6, 6.07) is 7.87. The molecule has 0 aliphatic heterocycles. The number of ether oxygens (including phenoxy) is 1. The van der Waals surface area contributed by atoms with Crippen LogP contribution in [0.1, 0.15) is 38.2 Å². The topological polar surface area (TPSA) is 70.7 Å². The van der Waals surface area contributed by atoms with Crippen LogP contribution in [-0.4, -0.2) is 43.1 Å². The second-order valence-corrected chi connectivity index (χ2v) is 6.14. The highest BCUT2D eigenvalue weighted by Gasteiger charge is 2.30. The highest BCUT2D eigenvalue weighted by molar-refractivity contribution is 5.95. The molecule has 2 N–H and O–H groups in total. The van der Waals surface area contributed by atoms with E-state index in [4.69, 9.17) is 4.74 Å². The summed E-state index contributed by atoms with van der Waals surface area (Å²) in [5.41, 5.74) is 1.13. The van der Waals surface area contributed by atoms with Crippen molar-refractivity contribution in [3.8, 4) is 5.75 Å². The van der Waals surface area contributed by atoms with Gasteiger partial charge in [0.2, 0.25) is 5.91 Å². The molecule has 0 aromatic heterocycles. The number of carbonyl (C=O) groups is 2. The summed E-state index contributed by atoms with van der Waals surface area (Å²) in [7, 11) is 1.64. The quantitative estimate of drug-likeness (QED) is 0.680. The Hall–Kier alpha value is -2.08. The van der Waals surface area contributed by atoms with Crippen molar-refractivity contribution in [3.63, 3.8) is 0 Å². The van der Waals surface area contributed by atoms with E-state index >= 15 is 0 Å². The summed E-state index contributed by atoms with van der Waals surface area (Å²) in [6.45, 7) is 3.57. The van der Waals surface area contributed by atoms with Crippen LogP contribution in [0.15, 0.2) is 24.3 Å². The maximum Gasteiger partial charge on any atom is 0.321 e. The number of benzene rings is 1. The van der Waals surface area contributed by atoms with E-state index in [9.17, 15) is 9.59 Å². The molecule has 0 bridgehead atoms. The summed E-state index contributed by atoms with van der Waals surface area (Å²) in [5, 5.41) is 5.10. The minimum Gasteiger partial charge on any atom is -0.497 e. The normalized spacial score (nSPS) is 13.6. The first-order valence-corrected chi connectivity index (χ1v) is 8.57. The molecule has 1 fully saturated rings. The lowest BCUT2D eigenvalue weighted by molar-refractivity contribution is -0.121. The monoisotopic (exact) mass is 333 g/mol. The van der Waals surface area contributed by atoms with E-state index in [1.807, 2.05) is 24.3 Å². The Kier molecular flexibility index (Phi) is 7.06. The summed E-state index contributed by atoms with van der Waals surface area (Å²) in [6.07, 6.45) is 4.12. The summed E-state index contributed by atoms with van der Waals surface area (Å²) >= 11 is 0. The van der Waals surface area contributed by atoms with Gasteiger partial charge in [0.25, 0.3) is 0 Å². The van der Waals surface area contributed by atoms with Crippen molar-refractivity contribution in [2.24, 2.45) is 0 Å². The molecule has 1 saturated carbocycles. The van der Waals surface area contributed by atoms with E-state index in [1.165, 1.54) is 0 Å². The lowest BCUT2D eigenvalue weighted by Gasteiger charge is -2.21. The van der Waals surface area contributed by atoms with E-state index in [-0.39, 0.29) is 12.5 Å². The van der Waals surface area contributed by atoms with Crippen molar-refractivity contribution in [2.45, 2.75) is 45.2 Å². The molecule has 24 heavy (non-hydrogen) atoms. The standard InChI is InChI=1S/C18H27N3O3/c1-3-4-11-19-18(23)20-17(22)13-21(15-7-8-15)12-14-5-9-16(24-2)10-6-14/h5-6,9-10,15H,3-4,7-8,11-13H2,1-2H3,(H2,19,20,22,23). The van der Waals surface area contributed by atoms with E-state index in [2.05, 4.69) is 22.5 Å². The zero-order valence-corrected chi connectivity index (χ0v) is 14.5. The predicted molar refractivity (Wildman–Crippen MR) is 92.9 cm³/mol. The number of carbonyl (C=O) groups excluding carboxylic acids is 2. The maximum absolute atomic E-state index is 12.1. The van der Waals surface area contributed by atoms with Crippen LogP contribution in [0.4, 0.5) is 4.79 Å².